The van der Waals surface area contributed by atoms with Crippen molar-refractivity contribution in [3.8, 4) is 0 Å². The average molecular weight is 219 g/mol. The van der Waals surface area contributed by atoms with Crippen LogP contribution in [0.3, 0.4) is 0 Å². The van der Waals surface area contributed by atoms with Gasteiger partial charge in [0.25, 0.3) is 6.43 Å². The van der Waals surface area contributed by atoms with Gasteiger partial charge in [0.2, 0.25) is 0 Å². The summed E-state index contributed by atoms with van der Waals surface area (Å²) in [6, 6.07) is 1.43. The first-order valence-electron chi connectivity index (χ1n) is 4.12. The Balaban J connectivity index is 2.50. The molecule has 1 aromatic rings. The van der Waals surface area contributed by atoms with E-state index in [1.165, 1.54) is 12.4 Å². The number of halogens is 2. The van der Waals surface area contributed by atoms with Crippen molar-refractivity contribution in [3.05, 3.63) is 12.4 Å². The number of nitrogens with zero attached hydrogens (tertiary/aromatic N) is 2. The van der Waals surface area contributed by atoms with E-state index in [4.69, 9.17) is 10.9 Å². The molecule has 0 fully saturated rings. The maximum absolute atomic E-state index is 11.9. The second-order valence-corrected chi connectivity index (χ2v) is 2.72. The largest absolute Gasteiger partial charge is 0.385 e. The van der Waals surface area contributed by atoms with Crippen molar-refractivity contribution in [1.29, 1.82) is 0 Å². The second-order valence-electron chi connectivity index (χ2n) is 2.72. The van der Waals surface area contributed by atoms with E-state index in [9.17, 15) is 8.78 Å². The summed E-state index contributed by atoms with van der Waals surface area (Å²) in [4.78, 5) is 7.47. The van der Waals surface area contributed by atoms with Gasteiger partial charge in [0, 0.05) is 12.6 Å². The number of aliphatic hydroxyl groups excluding tert-OH is 1. The van der Waals surface area contributed by atoms with Crippen molar-refractivity contribution in [1.82, 2.24) is 9.97 Å². The molecule has 0 bridgehead atoms. The number of hydrogen-bond donors (Lipinski definition) is 4. The number of hydrazine groups is 1. The quantitative estimate of drug-likeness (QED) is 0.404. The molecule has 0 spiro atoms. The first-order chi connectivity index (χ1) is 7.13. The minimum atomic E-state index is -2.79. The number of nitrogens with one attached hydrogen (secondary N) is 2. The fourth-order valence-corrected chi connectivity index (χ4v) is 0.831. The van der Waals surface area contributed by atoms with Crippen LogP contribution in [0.4, 0.5) is 20.4 Å². The lowest BCUT2D eigenvalue weighted by Crippen LogP contribution is -2.27. The number of nitrogen functional groups attached to an aromatic ring is 1. The zero-order valence-electron chi connectivity index (χ0n) is 7.69. The summed E-state index contributed by atoms with van der Waals surface area (Å²) >= 11 is 0. The highest BCUT2D eigenvalue weighted by molar-refractivity contribution is 5.45. The van der Waals surface area contributed by atoms with Crippen molar-refractivity contribution < 1.29 is 13.9 Å². The monoisotopic (exact) mass is 219 g/mol. The van der Waals surface area contributed by atoms with E-state index in [0.717, 1.165) is 0 Å². The number of nitrogens with two attached hydrogens (primary N) is 1. The van der Waals surface area contributed by atoms with Crippen LogP contribution in [0.2, 0.25) is 0 Å². The van der Waals surface area contributed by atoms with E-state index in [1.54, 1.807) is 0 Å². The molecule has 1 rings (SSSR count). The lowest BCUT2D eigenvalue weighted by atomic mass is 10.3. The number of rotatable bonds is 5. The predicted octanol–water partition coefficient (Wildman–Crippen LogP) is -0.200. The summed E-state index contributed by atoms with van der Waals surface area (Å²) in [6.07, 6.45) is -3.30. The van der Waals surface area contributed by atoms with E-state index >= 15 is 0 Å². The number of hydrogen-bond acceptors (Lipinski definition) is 6. The molecule has 84 valence electrons. The third-order valence-electron chi connectivity index (χ3n) is 1.60. The number of alkyl halides is 2. The minimum Gasteiger partial charge on any atom is -0.385 e. The average Bonchev–Trinajstić information content (AvgIpc) is 2.26. The Morgan fingerprint density at radius 2 is 2.07 bits per heavy atom. The van der Waals surface area contributed by atoms with Gasteiger partial charge in [0.05, 0.1) is 0 Å². The first-order valence-corrected chi connectivity index (χ1v) is 4.12. The van der Waals surface area contributed by atoms with Crippen LogP contribution in [-0.2, 0) is 0 Å². The Labute approximate surface area is 84.5 Å². The predicted molar refractivity (Wildman–Crippen MR) is 50.3 cm³/mol. The second kappa shape index (κ2) is 5.37. The van der Waals surface area contributed by atoms with E-state index in [0.29, 0.717) is 11.6 Å². The summed E-state index contributed by atoms with van der Waals surface area (Å²) in [5.74, 6) is 5.74. The number of aromatic nitrogens is 2. The van der Waals surface area contributed by atoms with Crippen LogP contribution in [0.1, 0.15) is 0 Å². The van der Waals surface area contributed by atoms with Gasteiger partial charge in [-0.1, -0.05) is 0 Å². The normalized spacial score (nSPS) is 12.6. The first kappa shape index (κ1) is 11.5. The fraction of sp³-hybridized carbons (Fsp3) is 0.429. The van der Waals surface area contributed by atoms with E-state index in [1.807, 2.05) is 0 Å². The van der Waals surface area contributed by atoms with Gasteiger partial charge in [-0.2, -0.15) is 0 Å². The zero-order chi connectivity index (χ0) is 11.3. The highest BCUT2D eigenvalue weighted by atomic mass is 19.3. The molecule has 8 heteroatoms. The molecule has 0 aliphatic rings. The third kappa shape index (κ3) is 3.60. The molecule has 0 saturated heterocycles. The Bertz CT molecular complexity index is 311. The van der Waals surface area contributed by atoms with Crippen LogP contribution >= 0.6 is 0 Å². The van der Waals surface area contributed by atoms with Gasteiger partial charge in [0.15, 0.2) is 0 Å². The molecule has 1 heterocycles. The summed E-state index contributed by atoms with van der Waals surface area (Å²) in [6.45, 7) is -0.293. The molecule has 1 aromatic heterocycles. The molecule has 0 saturated carbocycles. The maximum Gasteiger partial charge on any atom is 0.265 e. The molecular formula is C7H11F2N5O. The maximum atomic E-state index is 11.9. The van der Waals surface area contributed by atoms with E-state index < -0.39 is 12.5 Å². The zero-order valence-corrected chi connectivity index (χ0v) is 7.69. The lowest BCUT2D eigenvalue weighted by molar-refractivity contribution is 0.00381. The van der Waals surface area contributed by atoms with E-state index in [-0.39, 0.29) is 6.54 Å². The number of aliphatic hydroxyl groups is 1. The topological polar surface area (TPSA) is 96.1 Å². The van der Waals surface area contributed by atoms with Gasteiger partial charge in [-0.05, 0) is 0 Å². The molecule has 5 N–H and O–H groups in total. The lowest BCUT2D eigenvalue weighted by Gasteiger charge is -2.11. The van der Waals surface area contributed by atoms with Gasteiger partial charge in [-0.3, -0.25) is 0 Å². The summed E-state index contributed by atoms with van der Waals surface area (Å²) < 4.78 is 23.8. The van der Waals surface area contributed by atoms with Crippen molar-refractivity contribution in [2.45, 2.75) is 12.5 Å². The number of anilines is 2. The molecule has 0 amide bonds. The van der Waals surface area contributed by atoms with Crippen molar-refractivity contribution in [2.75, 3.05) is 17.3 Å². The van der Waals surface area contributed by atoms with Gasteiger partial charge in [-0.25, -0.2) is 24.6 Å². The SMILES string of the molecule is NNc1cc(NCC(O)C(F)F)ncn1. The molecule has 0 aliphatic heterocycles. The van der Waals surface area contributed by atoms with Crippen LogP contribution in [-0.4, -0.2) is 34.1 Å². The van der Waals surface area contributed by atoms with Gasteiger partial charge in [0.1, 0.15) is 24.1 Å². The minimum absolute atomic E-state index is 0.293. The van der Waals surface area contributed by atoms with Crippen LogP contribution in [0.15, 0.2) is 12.4 Å². The Morgan fingerprint density at radius 3 is 2.67 bits per heavy atom. The van der Waals surface area contributed by atoms with Crippen LogP contribution in [0.5, 0.6) is 0 Å². The van der Waals surface area contributed by atoms with Gasteiger partial charge in [-0.15, -0.1) is 0 Å². The van der Waals surface area contributed by atoms with E-state index in [2.05, 4.69) is 20.7 Å². The molecule has 1 atom stereocenters. The molecule has 6 nitrogen and oxygen atoms in total. The summed E-state index contributed by atoms with van der Waals surface area (Å²) in [5.41, 5.74) is 2.28. The Morgan fingerprint density at radius 1 is 1.40 bits per heavy atom. The molecule has 1 unspecified atom stereocenters. The highest BCUT2D eigenvalue weighted by Crippen LogP contribution is 2.08. The molecule has 0 aromatic carbocycles. The van der Waals surface area contributed by atoms with Crippen molar-refractivity contribution in [2.24, 2.45) is 5.84 Å². The third-order valence-corrected chi connectivity index (χ3v) is 1.60. The molecule has 0 aliphatic carbocycles. The van der Waals surface area contributed by atoms with Crippen LogP contribution in [0.25, 0.3) is 0 Å². The highest BCUT2D eigenvalue weighted by Gasteiger charge is 2.16. The Hall–Kier alpha value is -1.54. The van der Waals surface area contributed by atoms with Crippen LogP contribution < -0.4 is 16.6 Å². The molecule has 0 radical (unpaired) electrons. The molecular weight excluding hydrogens is 208 g/mol. The smallest absolute Gasteiger partial charge is 0.265 e. The van der Waals surface area contributed by atoms with Crippen LogP contribution in [0, 0.1) is 0 Å². The van der Waals surface area contributed by atoms with Gasteiger partial charge < -0.3 is 15.8 Å². The molecule has 15 heavy (non-hydrogen) atoms. The van der Waals surface area contributed by atoms with Gasteiger partial charge >= 0.3 is 0 Å². The van der Waals surface area contributed by atoms with Crippen molar-refractivity contribution >= 4 is 11.6 Å². The standard InChI is InChI=1S/C7H11F2N5O/c8-7(9)4(15)2-11-5-1-6(14-10)13-3-12-5/h1,3-4,7,15H,2,10H2,(H2,11,12,13,14). The van der Waals surface area contributed by atoms with Crippen molar-refractivity contribution in [3.63, 3.8) is 0 Å². The Kier molecular flexibility index (Phi) is 4.13. The summed E-state index contributed by atoms with van der Waals surface area (Å²) in [7, 11) is 0. The summed E-state index contributed by atoms with van der Waals surface area (Å²) in [5, 5.41) is 11.3. The fourth-order valence-electron chi connectivity index (χ4n) is 0.831.